The zero-order valence-electron chi connectivity index (χ0n) is 20.7. The van der Waals surface area contributed by atoms with Crippen molar-refractivity contribution in [1.29, 1.82) is 0 Å². The molecule has 2 aromatic carbocycles. The highest BCUT2D eigenvalue weighted by molar-refractivity contribution is 7.89. The Balaban J connectivity index is 1.74. The summed E-state index contributed by atoms with van der Waals surface area (Å²) in [4.78, 5) is 15.8. The zero-order chi connectivity index (χ0) is 25.9. The van der Waals surface area contributed by atoms with Gasteiger partial charge < -0.3 is 14.7 Å². The molecule has 4 rings (SSSR count). The van der Waals surface area contributed by atoms with Gasteiger partial charge in [0.1, 0.15) is 0 Å². The van der Waals surface area contributed by atoms with Crippen LogP contribution in [0.3, 0.4) is 0 Å². The van der Waals surface area contributed by atoms with Gasteiger partial charge in [0.15, 0.2) is 0 Å². The molecule has 0 unspecified atom stereocenters. The van der Waals surface area contributed by atoms with Crippen molar-refractivity contribution in [2.24, 2.45) is 5.92 Å². The van der Waals surface area contributed by atoms with E-state index < -0.39 is 22.2 Å². The first kappa shape index (κ1) is 26.5. The molecule has 0 bridgehead atoms. The second kappa shape index (κ2) is 11.2. The monoisotopic (exact) mass is 528 g/mol. The fourth-order valence-corrected chi connectivity index (χ4v) is 6.68. The minimum Gasteiger partial charge on any atom is -0.394 e. The lowest BCUT2D eigenvalue weighted by molar-refractivity contribution is -0.0146. The molecular formula is C27H32N2O5S2. The largest absolute Gasteiger partial charge is 0.394 e. The summed E-state index contributed by atoms with van der Waals surface area (Å²) in [6.07, 6.45) is -0.487. The summed E-state index contributed by atoms with van der Waals surface area (Å²) in [5.41, 5.74) is 3.18. The van der Waals surface area contributed by atoms with Gasteiger partial charge in [-0.15, -0.1) is 0 Å². The smallest absolute Gasteiger partial charge is 0.254 e. The first-order chi connectivity index (χ1) is 17.2. The highest BCUT2D eigenvalue weighted by Crippen LogP contribution is 2.31. The fourth-order valence-electron chi connectivity index (χ4n) is 4.48. The highest BCUT2D eigenvalue weighted by Gasteiger charge is 2.32. The van der Waals surface area contributed by atoms with Gasteiger partial charge in [0, 0.05) is 37.0 Å². The Bertz CT molecular complexity index is 1290. The minimum atomic E-state index is -3.67. The lowest BCUT2D eigenvalue weighted by Crippen LogP contribution is -2.47. The van der Waals surface area contributed by atoms with Crippen LogP contribution in [0.1, 0.15) is 29.8 Å². The van der Waals surface area contributed by atoms with Gasteiger partial charge in [0.2, 0.25) is 10.0 Å². The van der Waals surface area contributed by atoms with Gasteiger partial charge in [0.05, 0.1) is 30.3 Å². The second-order valence-corrected chi connectivity index (χ2v) is 12.1. The molecule has 3 aromatic rings. The quantitative estimate of drug-likeness (QED) is 0.521. The molecule has 1 amide bonds. The fraction of sp³-hybridized carbons (Fsp3) is 0.370. The molecular weight excluding hydrogens is 496 g/mol. The number of thiophene rings is 1. The normalized spacial score (nSPS) is 19.9. The van der Waals surface area contributed by atoms with E-state index in [1.165, 1.54) is 15.6 Å². The molecule has 1 aliphatic rings. The molecule has 1 aromatic heterocycles. The predicted octanol–water partition coefficient (Wildman–Crippen LogP) is 4.09. The van der Waals surface area contributed by atoms with Crippen LogP contribution in [-0.2, 0) is 21.4 Å². The van der Waals surface area contributed by atoms with Gasteiger partial charge in [-0.3, -0.25) is 4.79 Å². The average molecular weight is 529 g/mol. The third-order valence-corrected chi connectivity index (χ3v) is 9.39. The molecule has 0 saturated heterocycles. The topological polar surface area (TPSA) is 87.2 Å². The molecule has 0 saturated carbocycles. The van der Waals surface area contributed by atoms with E-state index in [1.54, 1.807) is 28.8 Å². The van der Waals surface area contributed by atoms with Crippen LogP contribution in [0.5, 0.6) is 0 Å². The number of fused-ring (bicyclic) bond motifs is 3. The first-order valence-electron chi connectivity index (χ1n) is 11.9. The van der Waals surface area contributed by atoms with Crippen molar-refractivity contribution in [3.63, 3.8) is 0 Å². The van der Waals surface area contributed by atoms with Crippen molar-refractivity contribution in [3.8, 4) is 11.1 Å². The van der Waals surface area contributed by atoms with Crippen LogP contribution in [0.15, 0.2) is 70.3 Å². The van der Waals surface area contributed by atoms with Gasteiger partial charge in [0.25, 0.3) is 5.91 Å². The van der Waals surface area contributed by atoms with E-state index >= 15 is 0 Å². The van der Waals surface area contributed by atoms with Gasteiger partial charge in [-0.2, -0.15) is 15.6 Å². The van der Waals surface area contributed by atoms with E-state index in [4.69, 9.17) is 4.74 Å². The number of nitrogens with zero attached hydrogens (tertiary/aromatic N) is 2. The van der Waals surface area contributed by atoms with Crippen LogP contribution < -0.4 is 0 Å². The lowest BCUT2D eigenvalue weighted by Gasteiger charge is -2.34. The van der Waals surface area contributed by atoms with E-state index in [-0.39, 0.29) is 36.5 Å². The standard InChI is InChI=1S/C27H32N2O5S2/c1-19-14-29(20(2)16-30)27(31)25-11-7-6-10-24(25)23-9-5-4-8-21(23)17-34-26(19)15-28(3)36(32,33)22-12-13-35-18-22/h4-13,18-20,26,30H,14-17H2,1-3H3/t19-,20-,26-/m0/s1. The molecule has 1 N–H and O–H groups in total. The second-order valence-electron chi connectivity index (χ2n) is 9.26. The number of benzene rings is 2. The average Bonchev–Trinajstić information content (AvgIpc) is 3.44. The number of likely N-dealkylation sites (N-methyl/N-ethyl adjacent to an activating group) is 1. The summed E-state index contributed by atoms with van der Waals surface area (Å²) in [5.74, 6) is -0.380. The Labute approximate surface area is 217 Å². The number of carbonyl (C=O) groups is 1. The molecule has 1 aliphatic heterocycles. The van der Waals surface area contributed by atoms with Crippen molar-refractivity contribution >= 4 is 27.3 Å². The number of ether oxygens (including phenoxy) is 1. The van der Waals surface area contributed by atoms with Gasteiger partial charge in [-0.1, -0.05) is 49.4 Å². The van der Waals surface area contributed by atoms with Crippen LogP contribution in [0.25, 0.3) is 11.1 Å². The molecule has 0 fully saturated rings. The van der Waals surface area contributed by atoms with E-state index in [0.717, 1.165) is 16.7 Å². The summed E-state index contributed by atoms with van der Waals surface area (Å²) in [6, 6.07) is 16.4. The molecule has 0 spiro atoms. The number of carbonyl (C=O) groups excluding carboxylic acids is 1. The van der Waals surface area contributed by atoms with Gasteiger partial charge in [-0.25, -0.2) is 8.42 Å². The maximum absolute atomic E-state index is 13.8. The number of rotatable bonds is 6. The van der Waals surface area contributed by atoms with Crippen LogP contribution in [-0.4, -0.2) is 67.5 Å². The number of hydrogen-bond acceptors (Lipinski definition) is 6. The van der Waals surface area contributed by atoms with E-state index in [1.807, 2.05) is 62.4 Å². The lowest BCUT2D eigenvalue weighted by atomic mass is 9.94. The number of hydrogen-bond donors (Lipinski definition) is 1. The van der Waals surface area contributed by atoms with Gasteiger partial charge >= 0.3 is 0 Å². The van der Waals surface area contributed by atoms with E-state index in [0.29, 0.717) is 12.1 Å². The number of aliphatic hydroxyl groups is 1. The molecule has 2 heterocycles. The Kier molecular flexibility index (Phi) is 8.27. The number of aliphatic hydroxyl groups excluding tert-OH is 1. The van der Waals surface area contributed by atoms with Crippen molar-refractivity contribution in [2.45, 2.75) is 37.5 Å². The molecule has 7 nitrogen and oxygen atoms in total. The molecule has 192 valence electrons. The summed E-state index contributed by atoms with van der Waals surface area (Å²) in [5, 5.41) is 13.3. The Morgan fingerprint density at radius 1 is 1.11 bits per heavy atom. The third kappa shape index (κ3) is 5.40. The predicted molar refractivity (Wildman–Crippen MR) is 141 cm³/mol. The molecule has 0 aliphatic carbocycles. The van der Waals surface area contributed by atoms with Crippen LogP contribution >= 0.6 is 11.3 Å². The third-order valence-electron chi connectivity index (χ3n) is 6.73. The number of amides is 1. The Hall–Kier alpha value is -2.56. The minimum absolute atomic E-state index is 0.129. The van der Waals surface area contributed by atoms with Crippen molar-refractivity contribution in [1.82, 2.24) is 9.21 Å². The Morgan fingerprint density at radius 3 is 2.44 bits per heavy atom. The van der Waals surface area contributed by atoms with E-state index in [2.05, 4.69) is 0 Å². The molecule has 36 heavy (non-hydrogen) atoms. The van der Waals surface area contributed by atoms with Crippen molar-refractivity contribution < 1.29 is 23.1 Å². The SMILES string of the molecule is C[C@H]1CN([C@@H](C)CO)C(=O)c2ccccc2-c2ccccc2CO[C@H]1CN(C)S(=O)(=O)c1ccsc1. The van der Waals surface area contributed by atoms with Crippen molar-refractivity contribution in [2.75, 3.05) is 26.7 Å². The molecule has 3 atom stereocenters. The van der Waals surface area contributed by atoms with Crippen molar-refractivity contribution in [3.05, 3.63) is 76.5 Å². The highest BCUT2D eigenvalue weighted by atomic mass is 32.2. The molecule has 0 radical (unpaired) electrons. The van der Waals surface area contributed by atoms with Crippen LogP contribution in [0.2, 0.25) is 0 Å². The Morgan fingerprint density at radius 2 is 1.78 bits per heavy atom. The molecule has 9 heteroatoms. The maximum Gasteiger partial charge on any atom is 0.254 e. The maximum atomic E-state index is 13.8. The first-order valence-corrected chi connectivity index (χ1v) is 14.3. The number of sulfonamides is 1. The van der Waals surface area contributed by atoms with Crippen LogP contribution in [0.4, 0.5) is 0 Å². The summed E-state index contributed by atoms with van der Waals surface area (Å²) >= 11 is 1.33. The van der Waals surface area contributed by atoms with Gasteiger partial charge in [-0.05, 0) is 41.1 Å². The summed E-state index contributed by atoms with van der Waals surface area (Å²) in [6.45, 7) is 4.29. The van der Waals surface area contributed by atoms with E-state index in [9.17, 15) is 18.3 Å². The summed E-state index contributed by atoms with van der Waals surface area (Å²) < 4.78 is 33.9. The zero-order valence-corrected chi connectivity index (χ0v) is 22.3. The summed E-state index contributed by atoms with van der Waals surface area (Å²) in [7, 11) is -2.12. The van der Waals surface area contributed by atoms with Crippen LogP contribution in [0, 0.1) is 5.92 Å².